The second kappa shape index (κ2) is 3.76. The van der Waals surface area contributed by atoms with Gasteiger partial charge in [0.05, 0.1) is 0 Å². The molecule has 1 aliphatic rings. The van der Waals surface area contributed by atoms with Crippen molar-refractivity contribution in [1.82, 2.24) is 9.80 Å². The number of carbonyl (C=O) groups excluding carboxylic acids is 1. The van der Waals surface area contributed by atoms with E-state index in [4.69, 9.17) is 5.73 Å². The molecule has 1 fully saturated rings. The maximum absolute atomic E-state index is 11.5. The van der Waals surface area contributed by atoms with Crippen molar-refractivity contribution in [3.63, 3.8) is 0 Å². The van der Waals surface area contributed by atoms with Crippen LogP contribution in [0.15, 0.2) is 0 Å². The van der Waals surface area contributed by atoms with Crippen molar-refractivity contribution in [2.45, 2.75) is 19.4 Å². The smallest absolute Gasteiger partial charge is 0.319 e. The minimum atomic E-state index is 0.102. The lowest BCUT2D eigenvalue weighted by molar-refractivity contribution is 0.175. The summed E-state index contributed by atoms with van der Waals surface area (Å²) in [4.78, 5) is 15.0. The van der Waals surface area contributed by atoms with E-state index in [0.29, 0.717) is 6.54 Å². The first-order valence-corrected chi connectivity index (χ1v) is 4.40. The summed E-state index contributed by atoms with van der Waals surface area (Å²) >= 11 is 0. The van der Waals surface area contributed by atoms with Crippen LogP contribution in [0.1, 0.15) is 13.3 Å². The second-order valence-corrected chi connectivity index (χ2v) is 3.29. The van der Waals surface area contributed by atoms with Crippen LogP contribution in [0.4, 0.5) is 4.79 Å². The largest absolute Gasteiger partial charge is 0.328 e. The van der Waals surface area contributed by atoms with Gasteiger partial charge in [-0.1, -0.05) is 0 Å². The first-order chi connectivity index (χ1) is 5.65. The van der Waals surface area contributed by atoms with Crippen molar-refractivity contribution in [3.8, 4) is 0 Å². The zero-order chi connectivity index (χ0) is 9.14. The lowest BCUT2D eigenvalue weighted by atomic mass is 10.3. The van der Waals surface area contributed by atoms with Crippen molar-refractivity contribution < 1.29 is 4.79 Å². The number of carbonyl (C=O) groups is 1. The first-order valence-electron chi connectivity index (χ1n) is 4.40. The molecule has 2 N–H and O–H groups in total. The Morgan fingerprint density at radius 3 is 2.83 bits per heavy atom. The monoisotopic (exact) mass is 171 g/mol. The van der Waals surface area contributed by atoms with Gasteiger partial charge in [0.1, 0.15) is 0 Å². The summed E-state index contributed by atoms with van der Waals surface area (Å²) in [6.07, 6.45) is 0.934. The lowest BCUT2D eigenvalue weighted by Gasteiger charge is -2.22. The van der Waals surface area contributed by atoms with Crippen molar-refractivity contribution in [2.24, 2.45) is 5.73 Å². The van der Waals surface area contributed by atoms with Gasteiger partial charge in [0, 0.05) is 32.7 Å². The zero-order valence-corrected chi connectivity index (χ0v) is 7.79. The summed E-state index contributed by atoms with van der Waals surface area (Å²) in [5.41, 5.74) is 5.69. The van der Waals surface area contributed by atoms with Gasteiger partial charge in [-0.15, -0.1) is 0 Å². The molecule has 0 radical (unpaired) electrons. The third-order valence-electron chi connectivity index (χ3n) is 2.30. The first kappa shape index (κ1) is 9.32. The van der Waals surface area contributed by atoms with Crippen molar-refractivity contribution in [2.75, 3.05) is 26.7 Å². The molecule has 1 saturated heterocycles. The van der Waals surface area contributed by atoms with Gasteiger partial charge in [0.15, 0.2) is 0 Å². The van der Waals surface area contributed by atoms with Crippen LogP contribution < -0.4 is 5.73 Å². The van der Waals surface area contributed by atoms with E-state index < -0.39 is 0 Å². The fourth-order valence-electron chi connectivity index (χ4n) is 1.34. The zero-order valence-electron chi connectivity index (χ0n) is 7.79. The normalized spacial score (nSPS) is 22.9. The van der Waals surface area contributed by atoms with Gasteiger partial charge in [-0.3, -0.25) is 0 Å². The maximum atomic E-state index is 11.5. The fraction of sp³-hybridized carbons (Fsp3) is 0.875. The predicted molar refractivity (Wildman–Crippen MR) is 47.9 cm³/mol. The molecular weight excluding hydrogens is 154 g/mol. The molecule has 0 saturated carbocycles. The van der Waals surface area contributed by atoms with Gasteiger partial charge in [-0.25, -0.2) is 4.79 Å². The van der Waals surface area contributed by atoms with E-state index in [9.17, 15) is 4.79 Å². The third-order valence-corrected chi connectivity index (χ3v) is 2.30. The van der Waals surface area contributed by atoms with Gasteiger partial charge in [-0.2, -0.15) is 0 Å². The summed E-state index contributed by atoms with van der Waals surface area (Å²) in [5.74, 6) is 0. The molecule has 0 bridgehead atoms. The molecule has 4 nitrogen and oxygen atoms in total. The van der Waals surface area contributed by atoms with E-state index in [1.807, 2.05) is 18.9 Å². The topological polar surface area (TPSA) is 49.6 Å². The highest BCUT2D eigenvalue weighted by molar-refractivity contribution is 5.74. The Morgan fingerprint density at radius 2 is 2.42 bits per heavy atom. The van der Waals surface area contributed by atoms with E-state index in [2.05, 4.69) is 0 Å². The molecular formula is C8H17N3O. The van der Waals surface area contributed by atoms with Crippen molar-refractivity contribution in [1.29, 1.82) is 0 Å². The molecule has 0 aromatic rings. The summed E-state index contributed by atoms with van der Waals surface area (Å²) in [5, 5.41) is 0. The van der Waals surface area contributed by atoms with Crippen LogP contribution in [-0.4, -0.2) is 48.6 Å². The lowest BCUT2D eigenvalue weighted by Crippen LogP contribution is -2.40. The molecule has 1 aliphatic heterocycles. The van der Waals surface area contributed by atoms with E-state index in [1.54, 1.807) is 4.90 Å². The third kappa shape index (κ3) is 1.88. The molecule has 0 unspecified atom stereocenters. The average Bonchev–Trinajstić information content (AvgIpc) is 2.49. The Morgan fingerprint density at radius 1 is 1.75 bits per heavy atom. The molecule has 0 aliphatic carbocycles. The van der Waals surface area contributed by atoms with E-state index in [0.717, 1.165) is 19.5 Å². The number of nitrogens with zero attached hydrogens (tertiary/aromatic N) is 2. The average molecular weight is 171 g/mol. The number of amides is 2. The molecule has 1 rings (SSSR count). The molecule has 1 heterocycles. The predicted octanol–water partition coefficient (Wildman–Crippen LogP) is 0.0911. The molecule has 1 atom stereocenters. The molecule has 0 spiro atoms. The minimum Gasteiger partial charge on any atom is -0.328 e. The molecule has 4 heteroatoms. The van der Waals surface area contributed by atoms with E-state index >= 15 is 0 Å². The van der Waals surface area contributed by atoms with Gasteiger partial charge in [-0.05, 0) is 13.3 Å². The van der Waals surface area contributed by atoms with Crippen molar-refractivity contribution in [3.05, 3.63) is 0 Å². The Hall–Kier alpha value is -0.770. The standard InChI is InChI=1S/C8H17N3O/c1-3-10(2)8(12)11-5-4-7(9)6-11/h7H,3-6,9H2,1-2H3/t7-/m1/s1. The highest BCUT2D eigenvalue weighted by Crippen LogP contribution is 2.08. The number of hydrogen-bond acceptors (Lipinski definition) is 2. The summed E-state index contributed by atoms with van der Waals surface area (Å²) in [7, 11) is 1.81. The Kier molecular flexibility index (Phi) is 2.92. The van der Waals surface area contributed by atoms with Crippen LogP contribution in [0.25, 0.3) is 0 Å². The molecule has 2 amide bonds. The Labute approximate surface area is 73.3 Å². The Balaban J connectivity index is 2.43. The van der Waals surface area contributed by atoms with Crippen LogP contribution in [0.5, 0.6) is 0 Å². The number of hydrogen-bond donors (Lipinski definition) is 1. The molecule has 0 aromatic carbocycles. The summed E-state index contributed by atoms with van der Waals surface area (Å²) in [6.45, 7) is 4.24. The summed E-state index contributed by atoms with van der Waals surface area (Å²) in [6, 6.07) is 0.282. The number of rotatable bonds is 1. The number of nitrogens with two attached hydrogens (primary N) is 1. The van der Waals surface area contributed by atoms with Crippen LogP contribution >= 0.6 is 0 Å². The minimum absolute atomic E-state index is 0.102. The maximum Gasteiger partial charge on any atom is 0.319 e. The summed E-state index contributed by atoms with van der Waals surface area (Å²) < 4.78 is 0. The SMILES string of the molecule is CCN(C)C(=O)N1CC[C@@H](N)C1. The van der Waals surface area contributed by atoms with Crippen LogP contribution in [0, 0.1) is 0 Å². The number of urea groups is 1. The van der Waals surface area contributed by atoms with Crippen LogP contribution in [0.3, 0.4) is 0 Å². The van der Waals surface area contributed by atoms with Crippen molar-refractivity contribution >= 4 is 6.03 Å². The highest BCUT2D eigenvalue weighted by atomic mass is 16.2. The van der Waals surface area contributed by atoms with Gasteiger partial charge in [0.25, 0.3) is 0 Å². The van der Waals surface area contributed by atoms with Gasteiger partial charge < -0.3 is 15.5 Å². The van der Waals surface area contributed by atoms with Crippen LogP contribution in [-0.2, 0) is 0 Å². The molecule has 70 valence electrons. The molecule has 12 heavy (non-hydrogen) atoms. The van der Waals surface area contributed by atoms with Gasteiger partial charge in [0.2, 0.25) is 0 Å². The quantitative estimate of drug-likeness (QED) is 0.608. The second-order valence-electron chi connectivity index (χ2n) is 3.29. The Bertz CT molecular complexity index is 172. The fourth-order valence-corrected chi connectivity index (χ4v) is 1.34. The number of likely N-dealkylation sites (tertiary alicyclic amines) is 1. The van der Waals surface area contributed by atoms with E-state index in [1.165, 1.54) is 0 Å². The van der Waals surface area contributed by atoms with Crippen LogP contribution in [0.2, 0.25) is 0 Å². The van der Waals surface area contributed by atoms with Gasteiger partial charge >= 0.3 is 6.03 Å². The highest BCUT2D eigenvalue weighted by Gasteiger charge is 2.24. The van der Waals surface area contributed by atoms with E-state index in [-0.39, 0.29) is 12.1 Å². The molecule has 0 aromatic heterocycles.